The summed E-state index contributed by atoms with van der Waals surface area (Å²) in [5.41, 5.74) is 0.645. The lowest BCUT2D eigenvalue weighted by molar-refractivity contribution is -0.122. The van der Waals surface area contributed by atoms with Gasteiger partial charge in [0.25, 0.3) is 5.91 Å². The van der Waals surface area contributed by atoms with Crippen molar-refractivity contribution in [2.75, 3.05) is 18.5 Å². The van der Waals surface area contributed by atoms with Crippen LogP contribution in [0.2, 0.25) is 0 Å². The van der Waals surface area contributed by atoms with E-state index in [0.29, 0.717) is 18.0 Å². The van der Waals surface area contributed by atoms with Gasteiger partial charge in [0.15, 0.2) is 6.61 Å². The summed E-state index contributed by atoms with van der Waals surface area (Å²) in [5, 5.41) is 8.47. The van der Waals surface area contributed by atoms with Gasteiger partial charge in [-0.2, -0.15) is 0 Å². The fraction of sp³-hybridized carbons (Fsp3) is 0.529. The summed E-state index contributed by atoms with van der Waals surface area (Å²) in [6, 6.07) is 7.10. The number of amides is 3. The highest BCUT2D eigenvalue weighted by atomic mass is 16.5. The normalized spacial score (nSPS) is 14.8. The molecule has 0 unspecified atom stereocenters. The molecule has 3 amide bonds. The van der Waals surface area contributed by atoms with E-state index in [0.717, 1.165) is 12.8 Å². The standard InChI is InChI=1S/C17H25N3O3/c1-2-18-16(21)12-23-15-10-6-9-14(11-15)20-17(22)19-13-7-4-3-5-8-13/h6,9-11,13H,2-5,7-8,12H2,1H3,(H,18,21)(H2,19,20,22). The number of urea groups is 1. The second kappa shape index (κ2) is 9.02. The molecule has 6 nitrogen and oxygen atoms in total. The van der Waals surface area contributed by atoms with Crippen molar-refractivity contribution >= 4 is 17.6 Å². The van der Waals surface area contributed by atoms with Crippen molar-refractivity contribution in [2.24, 2.45) is 0 Å². The van der Waals surface area contributed by atoms with Crippen molar-refractivity contribution in [3.63, 3.8) is 0 Å². The van der Waals surface area contributed by atoms with Crippen LogP contribution in [0.1, 0.15) is 39.0 Å². The Kier molecular flexibility index (Phi) is 6.72. The maximum atomic E-state index is 12.0. The molecular weight excluding hydrogens is 294 g/mol. The fourth-order valence-corrected chi connectivity index (χ4v) is 2.66. The van der Waals surface area contributed by atoms with E-state index in [9.17, 15) is 9.59 Å². The third-order valence-electron chi connectivity index (χ3n) is 3.78. The van der Waals surface area contributed by atoms with Crippen LogP contribution in [0.3, 0.4) is 0 Å². The fourth-order valence-electron chi connectivity index (χ4n) is 2.66. The number of ether oxygens (including phenoxy) is 1. The summed E-state index contributed by atoms with van der Waals surface area (Å²) in [6.07, 6.45) is 5.69. The number of likely N-dealkylation sites (N-methyl/N-ethyl adjacent to an activating group) is 1. The zero-order valence-electron chi connectivity index (χ0n) is 13.6. The molecule has 0 spiro atoms. The van der Waals surface area contributed by atoms with Gasteiger partial charge in [0.2, 0.25) is 0 Å². The first-order valence-corrected chi connectivity index (χ1v) is 8.24. The minimum Gasteiger partial charge on any atom is -0.484 e. The van der Waals surface area contributed by atoms with E-state index >= 15 is 0 Å². The monoisotopic (exact) mass is 319 g/mol. The molecule has 1 aromatic rings. The Morgan fingerprint density at radius 3 is 2.74 bits per heavy atom. The van der Waals surface area contributed by atoms with Crippen LogP contribution in [0.4, 0.5) is 10.5 Å². The largest absolute Gasteiger partial charge is 0.484 e. The molecule has 1 aliphatic rings. The summed E-state index contributed by atoms with van der Waals surface area (Å²) in [5.74, 6) is 0.382. The minimum absolute atomic E-state index is 0.0361. The first kappa shape index (κ1) is 17.1. The summed E-state index contributed by atoms with van der Waals surface area (Å²) in [7, 11) is 0. The lowest BCUT2D eigenvalue weighted by Crippen LogP contribution is -2.39. The van der Waals surface area contributed by atoms with E-state index in [1.54, 1.807) is 24.3 Å². The molecule has 23 heavy (non-hydrogen) atoms. The van der Waals surface area contributed by atoms with Crippen molar-refractivity contribution < 1.29 is 14.3 Å². The van der Waals surface area contributed by atoms with Crippen LogP contribution in [0.5, 0.6) is 5.75 Å². The highest BCUT2D eigenvalue weighted by Gasteiger charge is 2.15. The van der Waals surface area contributed by atoms with Crippen LogP contribution in [-0.2, 0) is 4.79 Å². The number of anilines is 1. The Morgan fingerprint density at radius 1 is 1.22 bits per heavy atom. The van der Waals surface area contributed by atoms with Gasteiger partial charge in [0, 0.05) is 24.3 Å². The van der Waals surface area contributed by atoms with Gasteiger partial charge >= 0.3 is 6.03 Å². The smallest absolute Gasteiger partial charge is 0.319 e. The number of carbonyl (C=O) groups excluding carboxylic acids is 2. The molecular formula is C17H25N3O3. The van der Waals surface area contributed by atoms with Crippen LogP contribution in [0.15, 0.2) is 24.3 Å². The predicted octanol–water partition coefficient (Wildman–Crippen LogP) is 2.66. The predicted molar refractivity (Wildman–Crippen MR) is 89.6 cm³/mol. The van der Waals surface area contributed by atoms with Crippen LogP contribution in [-0.4, -0.2) is 31.1 Å². The van der Waals surface area contributed by atoms with E-state index < -0.39 is 0 Å². The summed E-state index contributed by atoms with van der Waals surface area (Å²) in [6.45, 7) is 2.39. The summed E-state index contributed by atoms with van der Waals surface area (Å²) >= 11 is 0. The molecule has 0 radical (unpaired) electrons. The quantitative estimate of drug-likeness (QED) is 0.754. The molecule has 0 atom stereocenters. The Morgan fingerprint density at radius 2 is 2.00 bits per heavy atom. The third-order valence-corrected chi connectivity index (χ3v) is 3.78. The highest BCUT2D eigenvalue weighted by Crippen LogP contribution is 2.19. The molecule has 0 aromatic heterocycles. The second-order valence-corrected chi connectivity index (χ2v) is 5.70. The van der Waals surface area contributed by atoms with Gasteiger partial charge in [-0.1, -0.05) is 25.3 Å². The topological polar surface area (TPSA) is 79.5 Å². The highest BCUT2D eigenvalue weighted by molar-refractivity contribution is 5.89. The van der Waals surface area contributed by atoms with E-state index in [1.807, 2.05) is 6.92 Å². The lowest BCUT2D eigenvalue weighted by atomic mass is 9.96. The van der Waals surface area contributed by atoms with Gasteiger partial charge in [0.1, 0.15) is 5.75 Å². The Labute approximate surface area is 137 Å². The van der Waals surface area contributed by atoms with Crippen molar-refractivity contribution in [3.05, 3.63) is 24.3 Å². The molecule has 126 valence electrons. The zero-order valence-corrected chi connectivity index (χ0v) is 13.6. The van der Waals surface area contributed by atoms with Crippen molar-refractivity contribution in [1.29, 1.82) is 0 Å². The van der Waals surface area contributed by atoms with Crippen LogP contribution in [0.25, 0.3) is 0 Å². The molecule has 3 N–H and O–H groups in total. The van der Waals surface area contributed by atoms with E-state index in [1.165, 1.54) is 19.3 Å². The van der Waals surface area contributed by atoms with Crippen molar-refractivity contribution in [1.82, 2.24) is 10.6 Å². The van der Waals surface area contributed by atoms with Gasteiger partial charge in [0.05, 0.1) is 0 Å². The maximum absolute atomic E-state index is 12.0. The number of hydrogen-bond acceptors (Lipinski definition) is 3. The molecule has 1 aliphatic carbocycles. The Balaban J connectivity index is 1.81. The molecule has 0 saturated heterocycles. The van der Waals surface area contributed by atoms with E-state index in [2.05, 4.69) is 16.0 Å². The van der Waals surface area contributed by atoms with Crippen LogP contribution in [0, 0.1) is 0 Å². The molecule has 6 heteroatoms. The van der Waals surface area contributed by atoms with Gasteiger partial charge in [-0.25, -0.2) is 4.79 Å². The zero-order chi connectivity index (χ0) is 16.5. The first-order chi connectivity index (χ1) is 11.2. The molecule has 0 bridgehead atoms. The van der Waals surface area contributed by atoms with Crippen molar-refractivity contribution in [3.8, 4) is 5.75 Å². The number of carbonyl (C=O) groups is 2. The molecule has 1 saturated carbocycles. The van der Waals surface area contributed by atoms with Gasteiger partial charge in [-0.15, -0.1) is 0 Å². The number of rotatable bonds is 6. The number of nitrogens with one attached hydrogen (secondary N) is 3. The molecule has 0 heterocycles. The van der Waals surface area contributed by atoms with Crippen LogP contribution < -0.4 is 20.7 Å². The second-order valence-electron chi connectivity index (χ2n) is 5.70. The molecule has 1 fully saturated rings. The Bertz CT molecular complexity index is 528. The van der Waals surface area contributed by atoms with E-state index in [-0.39, 0.29) is 24.6 Å². The average molecular weight is 319 g/mol. The molecule has 1 aromatic carbocycles. The van der Waals surface area contributed by atoms with E-state index in [4.69, 9.17) is 4.74 Å². The van der Waals surface area contributed by atoms with Gasteiger partial charge in [-0.05, 0) is 31.9 Å². The van der Waals surface area contributed by atoms with Gasteiger partial charge < -0.3 is 20.7 Å². The summed E-state index contributed by atoms with van der Waals surface area (Å²) in [4.78, 5) is 23.4. The SMILES string of the molecule is CCNC(=O)COc1cccc(NC(=O)NC2CCCCC2)c1. The first-order valence-electron chi connectivity index (χ1n) is 8.24. The van der Waals surface area contributed by atoms with Gasteiger partial charge in [-0.3, -0.25) is 4.79 Å². The van der Waals surface area contributed by atoms with Crippen molar-refractivity contribution in [2.45, 2.75) is 45.1 Å². The average Bonchev–Trinajstić information content (AvgIpc) is 2.54. The summed E-state index contributed by atoms with van der Waals surface area (Å²) < 4.78 is 5.41. The molecule has 0 aliphatic heterocycles. The number of benzene rings is 1. The third kappa shape index (κ3) is 6.18. The molecule has 2 rings (SSSR count). The maximum Gasteiger partial charge on any atom is 0.319 e. The number of hydrogen-bond donors (Lipinski definition) is 3. The lowest BCUT2D eigenvalue weighted by Gasteiger charge is -2.22. The minimum atomic E-state index is -0.197. The Hall–Kier alpha value is -2.24. The van der Waals surface area contributed by atoms with Crippen LogP contribution >= 0.6 is 0 Å².